The molecule has 15 N–H and O–H groups in total. The Hall–Kier alpha value is -5.88. The van der Waals surface area contributed by atoms with Crippen molar-refractivity contribution >= 4 is 22.8 Å². The van der Waals surface area contributed by atoms with E-state index in [0.29, 0.717) is 0 Å². The van der Waals surface area contributed by atoms with Crippen molar-refractivity contribution in [2.24, 2.45) is 5.92 Å². The molecular weight excluding hydrogens is 928 g/mol. The molecule has 376 valence electrons. The maximum Gasteiger partial charge on any atom is 0.239 e. The van der Waals surface area contributed by atoms with Crippen LogP contribution in [0.25, 0.3) is 28.4 Å². The van der Waals surface area contributed by atoms with Crippen LogP contribution in [0.4, 0.5) is 0 Å². The number of benzene rings is 3. The number of phenols is 6. The van der Waals surface area contributed by atoms with E-state index in [4.69, 9.17) is 37.6 Å². The average Bonchev–Trinajstić information content (AvgIpc) is 3.32. The Bertz CT molecular complexity index is 2560. The Kier molecular flexibility index (Phi) is 15.5. The van der Waals surface area contributed by atoms with Crippen molar-refractivity contribution < 1.29 is 119 Å². The Morgan fingerprint density at radius 2 is 1.25 bits per heavy atom. The molecule has 15 atom stereocenters. The number of hydrogen-bond donors (Lipinski definition) is 15. The van der Waals surface area contributed by atoms with Crippen LogP contribution in [0.15, 0.2) is 57.8 Å². The van der Waals surface area contributed by atoms with Crippen molar-refractivity contribution in [2.75, 3.05) is 26.9 Å². The van der Waals surface area contributed by atoms with Gasteiger partial charge in [0.1, 0.15) is 72.0 Å². The van der Waals surface area contributed by atoms with E-state index >= 15 is 0 Å². The van der Waals surface area contributed by atoms with Crippen molar-refractivity contribution in [3.05, 3.63) is 64.3 Å². The third-order valence-electron chi connectivity index (χ3n) is 11.8. The zero-order valence-electron chi connectivity index (χ0n) is 36.0. The predicted octanol–water partition coefficient (Wildman–Crippen LogP) is -2.54. The molecule has 0 bridgehead atoms. The first kappa shape index (κ1) is 51.0. The number of aliphatic hydroxyl groups is 9. The Balaban J connectivity index is 1.20. The lowest BCUT2D eigenvalue weighted by Crippen LogP contribution is -2.64. The van der Waals surface area contributed by atoms with Gasteiger partial charge in [-0.2, -0.15) is 0 Å². The molecule has 0 saturated carbocycles. The molecular formula is C44H50O25. The molecule has 0 amide bonds. The summed E-state index contributed by atoms with van der Waals surface area (Å²) in [6.45, 7) is -2.65. The number of carbonyl (C=O) groups is 1. The fourth-order valence-electron chi connectivity index (χ4n) is 8.06. The molecule has 25 heteroatoms. The number of phenolic OH excluding ortho intramolecular Hbond substituents is 6. The summed E-state index contributed by atoms with van der Waals surface area (Å²) < 4.78 is 45.9. The van der Waals surface area contributed by atoms with Gasteiger partial charge in [0.2, 0.25) is 23.2 Å². The first-order chi connectivity index (χ1) is 32.8. The molecule has 3 aliphatic rings. The third kappa shape index (κ3) is 10.2. The van der Waals surface area contributed by atoms with Crippen LogP contribution < -0.4 is 14.9 Å². The van der Waals surface area contributed by atoms with Gasteiger partial charge in [0, 0.05) is 24.0 Å². The molecule has 4 aromatic rings. The van der Waals surface area contributed by atoms with Gasteiger partial charge in [-0.25, -0.2) is 0 Å². The van der Waals surface area contributed by atoms with Crippen molar-refractivity contribution in [1.82, 2.24) is 0 Å². The molecule has 3 saturated heterocycles. The number of rotatable bonds is 15. The van der Waals surface area contributed by atoms with Gasteiger partial charge in [0.15, 0.2) is 58.6 Å². The molecule has 25 nitrogen and oxygen atoms in total. The van der Waals surface area contributed by atoms with Gasteiger partial charge in [-0.05, 0) is 42.0 Å². The number of carbonyl (C=O) groups excluding carboxylic acids is 1. The molecule has 15 unspecified atom stereocenters. The van der Waals surface area contributed by atoms with Crippen LogP contribution in [-0.4, -0.2) is 195 Å². The van der Waals surface area contributed by atoms with E-state index in [-0.39, 0.29) is 11.1 Å². The molecule has 0 aliphatic carbocycles. The van der Waals surface area contributed by atoms with E-state index in [1.54, 1.807) is 0 Å². The lowest BCUT2D eigenvalue weighted by Gasteiger charge is -2.47. The average molecular weight is 979 g/mol. The highest BCUT2D eigenvalue weighted by atomic mass is 16.7. The Morgan fingerprint density at radius 1 is 0.652 bits per heavy atom. The lowest BCUT2D eigenvalue weighted by atomic mass is 9.86. The minimum Gasteiger partial charge on any atom is -0.504 e. The van der Waals surface area contributed by atoms with Gasteiger partial charge >= 0.3 is 0 Å². The summed E-state index contributed by atoms with van der Waals surface area (Å²) >= 11 is 0. The van der Waals surface area contributed by atoms with E-state index in [1.165, 1.54) is 18.2 Å². The van der Waals surface area contributed by atoms with E-state index in [1.807, 2.05) is 0 Å². The number of ether oxygens (including phenoxy) is 7. The summed E-state index contributed by atoms with van der Waals surface area (Å²) in [6.07, 6.45) is -24.6. The molecule has 69 heavy (non-hydrogen) atoms. The summed E-state index contributed by atoms with van der Waals surface area (Å²) in [5, 5.41) is 157. The molecule has 4 heterocycles. The van der Waals surface area contributed by atoms with Gasteiger partial charge in [-0.3, -0.25) is 9.59 Å². The van der Waals surface area contributed by atoms with Crippen LogP contribution in [0.5, 0.6) is 46.0 Å². The molecule has 3 aromatic carbocycles. The monoisotopic (exact) mass is 978 g/mol. The summed E-state index contributed by atoms with van der Waals surface area (Å²) in [7, 11) is 1.08. The number of fused-ring (bicyclic) bond motifs is 1. The maximum atomic E-state index is 14.2. The number of methoxy groups -OCH3 is 1. The van der Waals surface area contributed by atoms with E-state index in [0.717, 1.165) is 43.5 Å². The summed E-state index contributed by atoms with van der Waals surface area (Å²) in [5.74, 6) is -7.91. The van der Waals surface area contributed by atoms with Crippen LogP contribution in [0.2, 0.25) is 0 Å². The smallest absolute Gasteiger partial charge is 0.239 e. The number of aromatic hydroxyl groups is 6. The van der Waals surface area contributed by atoms with Crippen molar-refractivity contribution in [3.63, 3.8) is 0 Å². The highest BCUT2D eigenvalue weighted by molar-refractivity contribution is 5.94. The highest BCUT2D eigenvalue weighted by Gasteiger charge is 2.53. The molecule has 3 fully saturated rings. The molecule has 0 spiro atoms. The van der Waals surface area contributed by atoms with Crippen LogP contribution in [-0.2, 0) is 28.5 Å². The normalized spacial score (nSPS) is 31.8. The number of allylic oxidation sites excluding steroid dienone is 1. The van der Waals surface area contributed by atoms with Crippen molar-refractivity contribution in [1.29, 1.82) is 0 Å². The predicted molar refractivity (Wildman–Crippen MR) is 227 cm³/mol. The molecule has 1 aromatic heterocycles. The van der Waals surface area contributed by atoms with Gasteiger partial charge in [-0.1, -0.05) is 12.1 Å². The summed E-state index contributed by atoms with van der Waals surface area (Å²) in [5.41, 5.74) is -1.51. The van der Waals surface area contributed by atoms with Crippen molar-refractivity contribution in [3.8, 4) is 57.3 Å². The second-order valence-electron chi connectivity index (χ2n) is 16.3. The van der Waals surface area contributed by atoms with Gasteiger partial charge < -0.3 is 114 Å². The van der Waals surface area contributed by atoms with Crippen LogP contribution >= 0.6 is 0 Å². The second kappa shape index (κ2) is 21.0. The van der Waals surface area contributed by atoms with Crippen LogP contribution in [0.1, 0.15) is 12.0 Å². The lowest BCUT2D eigenvalue weighted by molar-refractivity contribution is -0.357. The fraction of sp³-hybridized carbons (Fsp3) is 0.455. The van der Waals surface area contributed by atoms with E-state index < -0.39 is 192 Å². The third-order valence-corrected chi connectivity index (χ3v) is 11.8. The molecule has 3 aliphatic heterocycles. The number of hydrogen-bond acceptors (Lipinski definition) is 25. The number of ketones is 1. The minimum atomic E-state index is -2.17. The quantitative estimate of drug-likeness (QED) is 0.0431. The van der Waals surface area contributed by atoms with Crippen molar-refractivity contribution in [2.45, 2.75) is 92.4 Å². The maximum absolute atomic E-state index is 14.2. The topological polar surface area (TPSA) is 415 Å². The van der Waals surface area contributed by atoms with Crippen LogP contribution in [0, 0.1) is 5.92 Å². The zero-order chi connectivity index (χ0) is 50.2. The Labute approximate surface area is 388 Å². The largest absolute Gasteiger partial charge is 0.504 e. The standard InChI is InChI=1S/C44H50O25/c1-62-40-23(52)11-24-28(32(40)56)33(57)41(38(64-24)16-4-7-20(49)22(51)9-16)69-44-37(61)35(59)30(54)27(67-44)14-63-42-18(10-17(47)5-2-15-3-6-19(48)21(50)8-15)39(31(55)26(13-46)65-42)68-43-36(60)34(58)29(53)25(12-45)66-43/h2-9,11,18,25-27,29-31,34-37,39,42-46,48-56,58-61H,10,12-14H2,1H3. The van der Waals surface area contributed by atoms with E-state index in [2.05, 4.69) is 0 Å². The fourth-order valence-corrected chi connectivity index (χ4v) is 8.06. The summed E-state index contributed by atoms with van der Waals surface area (Å²) in [4.78, 5) is 27.8. The Morgan fingerprint density at radius 3 is 1.88 bits per heavy atom. The van der Waals surface area contributed by atoms with Crippen LogP contribution in [0.3, 0.4) is 0 Å². The zero-order valence-corrected chi connectivity index (χ0v) is 36.0. The van der Waals surface area contributed by atoms with Gasteiger partial charge in [0.25, 0.3) is 0 Å². The highest BCUT2D eigenvalue weighted by Crippen LogP contribution is 2.45. The SMILES string of the molecule is COc1c(O)cc2oc(-c3ccc(O)c(O)c3)c(OC3OC(COC4OC(CO)C(O)C(OC5OC(CO)C(O)C(O)C5O)C4CC(=O)C=Cc4ccc(O)c(O)c4)C(O)C(O)C3O)c(=O)c2c1O. The van der Waals surface area contributed by atoms with E-state index in [9.17, 15) is 86.2 Å². The van der Waals surface area contributed by atoms with Gasteiger partial charge in [0.05, 0.1) is 33.0 Å². The first-order valence-corrected chi connectivity index (χ1v) is 21.0. The first-order valence-electron chi connectivity index (χ1n) is 21.0. The van der Waals surface area contributed by atoms with Gasteiger partial charge in [-0.15, -0.1) is 0 Å². The summed E-state index contributed by atoms with van der Waals surface area (Å²) in [6, 6.07) is 7.74. The number of aliphatic hydroxyl groups excluding tert-OH is 9. The second-order valence-corrected chi connectivity index (χ2v) is 16.3. The minimum absolute atomic E-state index is 0.146. The molecule has 0 radical (unpaired) electrons. The molecule has 7 rings (SSSR count).